The Balaban J connectivity index is 1.90. The smallest absolute Gasteiger partial charge is 0.223 e. The Hall–Kier alpha value is -1.36. The summed E-state index contributed by atoms with van der Waals surface area (Å²) in [6, 6.07) is -0.0157. The second-order valence-corrected chi connectivity index (χ2v) is 4.81. The SMILES string of the molecule is Cc1cnc(C(C)NC(=O)C2CCC(N)C2)o1. The standard InChI is InChI=1S/C12H19N3O2/c1-7-6-14-12(17-7)8(2)15-11(16)9-3-4-10(13)5-9/h6,8-10H,3-5,13H2,1-2H3,(H,15,16). The van der Waals surface area contributed by atoms with Gasteiger partial charge in [-0.25, -0.2) is 4.98 Å². The lowest BCUT2D eigenvalue weighted by Crippen LogP contribution is -2.32. The zero-order chi connectivity index (χ0) is 12.4. The first kappa shape index (κ1) is 12.1. The maximum atomic E-state index is 11.9. The Morgan fingerprint density at radius 2 is 2.41 bits per heavy atom. The molecule has 1 fully saturated rings. The first-order chi connectivity index (χ1) is 8.06. The second kappa shape index (κ2) is 4.87. The van der Waals surface area contributed by atoms with Gasteiger partial charge in [0.1, 0.15) is 11.8 Å². The second-order valence-electron chi connectivity index (χ2n) is 4.81. The minimum Gasteiger partial charge on any atom is -0.444 e. The van der Waals surface area contributed by atoms with Gasteiger partial charge in [0, 0.05) is 12.0 Å². The number of amides is 1. The third kappa shape index (κ3) is 2.85. The Kier molecular flexibility index (Phi) is 3.47. The molecule has 1 heterocycles. The number of carbonyl (C=O) groups excluding carboxylic acids is 1. The summed E-state index contributed by atoms with van der Waals surface area (Å²) in [4.78, 5) is 16.0. The largest absolute Gasteiger partial charge is 0.444 e. The molecule has 0 radical (unpaired) electrons. The molecule has 17 heavy (non-hydrogen) atoms. The summed E-state index contributed by atoms with van der Waals surface area (Å²) in [5, 5.41) is 2.92. The molecule has 1 aromatic rings. The average molecular weight is 237 g/mol. The highest BCUT2D eigenvalue weighted by atomic mass is 16.4. The molecule has 0 aliphatic heterocycles. The molecule has 0 spiro atoms. The summed E-state index contributed by atoms with van der Waals surface area (Å²) in [6.07, 6.45) is 4.25. The van der Waals surface area contributed by atoms with E-state index >= 15 is 0 Å². The van der Waals surface area contributed by atoms with E-state index in [1.54, 1.807) is 6.20 Å². The third-order valence-electron chi connectivity index (χ3n) is 3.21. The summed E-state index contributed by atoms with van der Waals surface area (Å²) in [5.74, 6) is 1.41. The van der Waals surface area contributed by atoms with Crippen molar-refractivity contribution < 1.29 is 9.21 Å². The van der Waals surface area contributed by atoms with Crippen LogP contribution in [0, 0.1) is 12.8 Å². The summed E-state index contributed by atoms with van der Waals surface area (Å²) >= 11 is 0. The van der Waals surface area contributed by atoms with Gasteiger partial charge in [0.05, 0.1) is 6.20 Å². The predicted molar refractivity (Wildman–Crippen MR) is 63.1 cm³/mol. The maximum Gasteiger partial charge on any atom is 0.223 e. The van der Waals surface area contributed by atoms with Crippen molar-refractivity contribution in [3.63, 3.8) is 0 Å². The van der Waals surface area contributed by atoms with Gasteiger partial charge in [0.25, 0.3) is 0 Å². The average Bonchev–Trinajstić information content (AvgIpc) is 2.87. The first-order valence-electron chi connectivity index (χ1n) is 6.04. The van der Waals surface area contributed by atoms with Gasteiger partial charge in [-0.2, -0.15) is 0 Å². The number of nitrogens with one attached hydrogen (secondary N) is 1. The summed E-state index contributed by atoms with van der Waals surface area (Å²) < 4.78 is 5.38. The highest BCUT2D eigenvalue weighted by Crippen LogP contribution is 2.25. The minimum atomic E-state index is -0.187. The Labute approximate surface area is 101 Å². The van der Waals surface area contributed by atoms with Crippen molar-refractivity contribution in [1.82, 2.24) is 10.3 Å². The number of rotatable bonds is 3. The zero-order valence-corrected chi connectivity index (χ0v) is 10.3. The molecule has 1 saturated carbocycles. The van der Waals surface area contributed by atoms with Crippen LogP contribution in [-0.2, 0) is 4.79 Å². The van der Waals surface area contributed by atoms with Crippen LogP contribution in [0.2, 0.25) is 0 Å². The van der Waals surface area contributed by atoms with E-state index in [0.29, 0.717) is 5.89 Å². The van der Waals surface area contributed by atoms with Gasteiger partial charge in [0.15, 0.2) is 0 Å². The molecule has 94 valence electrons. The van der Waals surface area contributed by atoms with E-state index in [-0.39, 0.29) is 23.9 Å². The van der Waals surface area contributed by atoms with E-state index in [1.807, 2.05) is 13.8 Å². The normalized spacial score (nSPS) is 25.8. The molecule has 0 bridgehead atoms. The number of hydrogen-bond acceptors (Lipinski definition) is 4. The van der Waals surface area contributed by atoms with Crippen molar-refractivity contribution in [2.24, 2.45) is 11.7 Å². The van der Waals surface area contributed by atoms with Gasteiger partial charge in [-0.1, -0.05) is 0 Å². The van der Waals surface area contributed by atoms with Gasteiger partial charge in [-0.05, 0) is 33.1 Å². The van der Waals surface area contributed by atoms with Crippen molar-refractivity contribution >= 4 is 5.91 Å². The number of aryl methyl sites for hydroxylation is 1. The molecule has 2 rings (SSSR count). The fourth-order valence-electron chi connectivity index (χ4n) is 2.22. The molecule has 1 aliphatic carbocycles. The fraction of sp³-hybridized carbons (Fsp3) is 0.667. The summed E-state index contributed by atoms with van der Waals surface area (Å²) in [6.45, 7) is 3.71. The van der Waals surface area contributed by atoms with Crippen molar-refractivity contribution in [3.8, 4) is 0 Å². The lowest BCUT2D eigenvalue weighted by molar-refractivity contribution is -0.125. The molecule has 3 atom stereocenters. The van der Waals surface area contributed by atoms with Crippen molar-refractivity contribution in [2.75, 3.05) is 0 Å². The van der Waals surface area contributed by atoms with Crippen LogP contribution in [0.3, 0.4) is 0 Å². The molecule has 3 N–H and O–H groups in total. The van der Waals surface area contributed by atoms with E-state index in [0.717, 1.165) is 25.0 Å². The van der Waals surface area contributed by atoms with E-state index in [9.17, 15) is 4.79 Å². The van der Waals surface area contributed by atoms with Gasteiger partial charge < -0.3 is 15.5 Å². The number of oxazole rings is 1. The lowest BCUT2D eigenvalue weighted by Gasteiger charge is -2.14. The number of nitrogens with two attached hydrogens (primary N) is 1. The maximum absolute atomic E-state index is 11.9. The van der Waals surface area contributed by atoms with E-state index in [2.05, 4.69) is 10.3 Å². The summed E-state index contributed by atoms with van der Waals surface area (Å²) in [7, 11) is 0. The van der Waals surface area contributed by atoms with Gasteiger partial charge in [0.2, 0.25) is 11.8 Å². The molecular formula is C12H19N3O2. The molecule has 0 aromatic carbocycles. The highest BCUT2D eigenvalue weighted by Gasteiger charge is 2.29. The van der Waals surface area contributed by atoms with Crippen LogP contribution in [0.1, 0.15) is 43.9 Å². The summed E-state index contributed by atoms with van der Waals surface area (Å²) in [5.41, 5.74) is 5.80. The molecule has 5 heteroatoms. The van der Waals surface area contributed by atoms with Crippen LogP contribution in [0.4, 0.5) is 0 Å². The number of hydrogen-bond donors (Lipinski definition) is 2. The van der Waals surface area contributed by atoms with Crippen molar-refractivity contribution in [1.29, 1.82) is 0 Å². The Morgan fingerprint density at radius 3 is 2.94 bits per heavy atom. The van der Waals surface area contributed by atoms with E-state index in [1.165, 1.54) is 0 Å². The van der Waals surface area contributed by atoms with Crippen LogP contribution in [0.25, 0.3) is 0 Å². The Morgan fingerprint density at radius 1 is 1.65 bits per heavy atom. The fourth-order valence-corrected chi connectivity index (χ4v) is 2.22. The molecule has 3 unspecified atom stereocenters. The van der Waals surface area contributed by atoms with Crippen LogP contribution in [0.5, 0.6) is 0 Å². The monoisotopic (exact) mass is 237 g/mol. The molecule has 1 aromatic heterocycles. The van der Waals surface area contributed by atoms with E-state index < -0.39 is 0 Å². The zero-order valence-electron chi connectivity index (χ0n) is 10.3. The quantitative estimate of drug-likeness (QED) is 0.830. The van der Waals surface area contributed by atoms with Crippen LogP contribution in [-0.4, -0.2) is 16.9 Å². The van der Waals surface area contributed by atoms with E-state index in [4.69, 9.17) is 10.2 Å². The number of carbonyl (C=O) groups is 1. The molecule has 1 aliphatic rings. The molecule has 1 amide bonds. The highest BCUT2D eigenvalue weighted by molar-refractivity contribution is 5.79. The molecular weight excluding hydrogens is 218 g/mol. The van der Waals surface area contributed by atoms with Crippen LogP contribution >= 0.6 is 0 Å². The number of nitrogens with zero attached hydrogens (tertiary/aromatic N) is 1. The van der Waals surface area contributed by atoms with Gasteiger partial charge in [-0.3, -0.25) is 4.79 Å². The van der Waals surface area contributed by atoms with Gasteiger partial charge >= 0.3 is 0 Å². The predicted octanol–water partition coefficient (Wildman–Crippen LogP) is 1.29. The lowest BCUT2D eigenvalue weighted by atomic mass is 10.1. The van der Waals surface area contributed by atoms with Crippen LogP contribution in [0.15, 0.2) is 10.6 Å². The van der Waals surface area contributed by atoms with Crippen molar-refractivity contribution in [2.45, 2.75) is 45.2 Å². The third-order valence-corrected chi connectivity index (χ3v) is 3.21. The molecule has 0 saturated heterocycles. The first-order valence-corrected chi connectivity index (χ1v) is 6.04. The topological polar surface area (TPSA) is 81.2 Å². The van der Waals surface area contributed by atoms with Crippen molar-refractivity contribution in [3.05, 3.63) is 17.8 Å². The number of aromatic nitrogens is 1. The van der Waals surface area contributed by atoms with Crippen LogP contribution < -0.4 is 11.1 Å². The minimum absolute atomic E-state index is 0.0449. The molecule has 5 nitrogen and oxygen atoms in total. The van der Waals surface area contributed by atoms with Gasteiger partial charge in [-0.15, -0.1) is 0 Å². The Bertz CT molecular complexity index is 402.